The number of methoxy groups -OCH3 is 1. The van der Waals surface area contributed by atoms with Crippen molar-refractivity contribution in [2.75, 3.05) is 26.8 Å². The number of aliphatic hydroxyl groups excluding tert-OH is 1. The summed E-state index contributed by atoms with van der Waals surface area (Å²) in [6, 6.07) is 6.83. The average Bonchev–Trinajstić information content (AvgIpc) is 2.49. The summed E-state index contributed by atoms with van der Waals surface area (Å²) in [6.45, 7) is 3.59. The molecule has 2 rings (SSSR count). The lowest BCUT2D eigenvalue weighted by Crippen LogP contribution is -2.47. The largest absolute Gasteiger partial charge is 0.468 e. The molecule has 0 amide bonds. The van der Waals surface area contributed by atoms with E-state index in [1.807, 2.05) is 25.1 Å². The molecule has 0 saturated carbocycles. The molecule has 2 unspecified atom stereocenters. The molecular weight excluding hydrogens is 290 g/mol. The van der Waals surface area contributed by atoms with Gasteiger partial charge in [0, 0.05) is 23.6 Å². The first-order chi connectivity index (χ1) is 10.0. The van der Waals surface area contributed by atoms with Gasteiger partial charge in [0.25, 0.3) is 0 Å². The number of ether oxygens (including phenoxy) is 1. The van der Waals surface area contributed by atoms with Gasteiger partial charge in [0.2, 0.25) is 0 Å². The number of esters is 1. The molecule has 1 aromatic rings. The minimum absolute atomic E-state index is 0.111. The predicted molar refractivity (Wildman–Crippen MR) is 82.2 cm³/mol. The van der Waals surface area contributed by atoms with E-state index in [9.17, 15) is 9.90 Å². The van der Waals surface area contributed by atoms with Crippen LogP contribution in [0.3, 0.4) is 0 Å². The van der Waals surface area contributed by atoms with Gasteiger partial charge in [-0.1, -0.05) is 36.7 Å². The molecule has 21 heavy (non-hydrogen) atoms. The Balaban J connectivity index is 2.33. The van der Waals surface area contributed by atoms with Crippen LogP contribution in [0.2, 0.25) is 5.02 Å². The van der Waals surface area contributed by atoms with Crippen molar-refractivity contribution in [3.05, 3.63) is 34.9 Å². The highest BCUT2D eigenvalue weighted by atomic mass is 35.5. The SMILES string of the molecule is COC(=O)C(c1ccccc1Cl)N1CCCC(C)(CO)C1. The molecule has 1 saturated heterocycles. The van der Waals surface area contributed by atoms with Crippen molar-refractivity contribution in [3.63, 3.8) is 0 Å². The van der Waals surface area contributed by atoms with Crippen molar-refractivity contribution in [1.29, 1.82) is 0 Å². The van der Waals surface area contributed by atoms with Gasteiger partial charge in [0.1, 0.15) is 6.04 Å². The maximum atomic E-state index is 12.3. The molecule has 1 fully saturated rings. The standard InChI is InChI=1S/C16H22ClNO3/c1-16(11-19)8-5-9-18(10-16)14(15(20)21-2)12-6-3-4-7-13(12)17/h3-4,6-7,14,19H,5,8-11H2,1-2H3. The lowest BCUT2D eigenvalue weighted by atomic mass is 9.82. The van der Waals surface area contributed by atoms with Gasteiger partial charge >= 0.3 is 5.97 Å². The summed E-state index contributed by atoms with van der Waals surface area (Å²) in [5.74, 6) is -0.315. The van der Waals surface area contributed by atoms with Gasteiger partial charge in [-0.2, -0.15) is 0 Å². The fourth-order valence-corrected chi connectivity index (χ4v) is 3.23. The van der Waals surface area contributed by atoms with E-state index in [2.05, 4.69) is 4.90 Å². The third-order valence-corrected chi connectivity index (χ3v) is 4.53. The molecule has 0 aromatic heterocycles. The smallest absolute Gasteiger partial charge is 0.327 e. The molecule has 0 bridgehead atoms. The molecule has 1 N–H and O–H groups in total. The van der Waals surface area contributed by atoms with Crippen molar-refractivity contribution in [2.45, 2.75) is 25.8 Å². The highest BCUT2D eigenvalue weighted by Gasteiger charge is 2.38. The third-order valence-electron chi connectivity index (χ3n) is 4.18. The highest BCUT2D eigenvalue weighted by molar-refractivity contribution is 6.31. The number of piperidine rings is 1. The van der Waals surface area contributed by atoms with Crippen LogP contribution in [0.4, 0.5) is 0 Å². The Bertz CT molecular complexity index is 508. The number of hydrogen-bond donors (Lipinski definition) is 1. The summed E-state index contributed by atoms with van der Waals surface area (Å²) in [5, 5.41) is 10.2. The van der Waals surface area contributed by atoms with Gasteiger partial charge in [-0.15, -0.1) is 0 Å². The summed E-state index contributed by atoms with van der Waals surface area (Å²) in [4.78, 5) is 14.3. The number of halogens is 1. The van der Waals surface area contributed by atoms with E-state index in [1.54, 1.807) is 6.07 Å². The molecule has 1 aliphatic rings. The van der Waals surface area contributed by atoms with Crippen LogP contribution in [0.1, 0.15) is 31.4 Å². The lowest BCUT2D eigenvalue weighted by molar-refractivity contribution is -0.149. The van der Waals surface area contributed by atoms with Crippen LogP contribution >= 0.6 is 11.6 Å². The maximum absolute atomic E-state index is 12.3. The Morgan fingerprint density at radius 2 is 2.24 bits per heavy atom. The minimum atomic E-state index is -0.519. The molecule has 4 nitrogen and oxygen atoms in total. The molecule has 0 aliphatic carbocycles. The van der Waals surface area contributed by atoms with Crippen molar-refractivity contribution in [2.24, 2.45) is 5.41 Å². The van der Waals surface area contributed by atoms with E-state index >= 15 is 0 Å². The van der Waals surface area contributed by atoms with Crippen LogP contribution in [-0.4, -0.2) is 42.8 Å². The van der Waals surface area contributed by atoms with Crippen molar-refractivity contribution < 1.29 is 14.6 Å². The number of likely N-dealkylation sites (tertiary alicyclic amines) is 1. The summed E-state index contributed by atoms with van der Waals surface area (Å²) >= 11 is 6.26. The van der Waals surface area contributed by atoms with Crippen LogP contribution in [0.15, 0.2) is 24.3 Å². The van der Waals surface area contributed by atoms with E-state index in [4.69, 9.17) is 16.3 Å². The number of hydrogen-bond acceptors (Lipinski definition) is 4. The maximum Gasteiger partial charge on any atom is 0.327 e. The molecule has 116 valence electrons. The average molecular weight is 312 g/mol. The summed E-state index contributed by atoms with van der Waals surface area (Å²) in [7, 11) is 1.39. The second-order valence-electron chi connectivity index (χ2n) is 5.99. The molecule has 1 heterocycles. The third kappa shape index (κ3) is 3.57. The quantitative estimate of drug-likeness (QED) is 0.869. The van der Waals surface area contributed by atoms with E-state index in [0.29, 0.717) is 11.6 Å². The number of aliphatic hydroxyl groups is 1. The molecule has 2 atom stereocenters. The van der Waals surface area contributed by atoms with Crippen LogP contribution in [-0.2, 0) is 9.53 Å². The fourth-order valence-electron chi connectivity index (χ4n) is 2.99. The molecule has 1 aliphatic heterocycles. The zero-order valence-corrected chi connectivity index (χ0v) is 13.3. The number of carbonyl (C=O) groups excluding carboxylic acids is 1. The normalized spacial score (nSPS) is 24.6. The number of carbonyl (C=O) groups is 1. The van der Waals surface area contributed by atoms with Gasteiger partial charge < -0.3 is 9.84 Å². The Kier molecular flexibility index (Phi) is 5.25. The molecule has 1 aromatic carbocycles. The van der Waals surface area contributed by atoms with E-state index in [1.165, 1.54) is 7.11 Å². The van der Waals surface area contributed by atoms with Gasteiger partial charge in [-0.25, -0.2) is 4.79 Å². The summed E-state index contributed by atoms with van der Waals surface area (Å²) < 4.78 is 4.98. The number of benzene rings is 1. The van der Waals surface area contributed by atoms with Crippen molar-refractivity contribution >= 4 is 17.6 Å². The number of nitrogens with zero attached hydrogens (tertiary/aromatic N) is 1. The highest BCUT2D eigenvalue weighted by Crippen LogP contribution is 2.36. The predicted octanol–water partition coefficient (Wildman–Crippen LogP) is 2.65. The van der Waals surface area contributed by atoms with E-state index < -0.39 is 6.04 Å². The first-order valence-electron chi connectivity index (χ1n) is 7.18. The van der Waals surface area contributed by atoms with E-state index in [-0.39, 0.29) is 18.0 Å². The Morgan fingerprint density at radius 1 is 1.52 bits per heavy atom. The topological polar surface area (TPSA) is 49.8 Å². The van der Waals surface area contributed by atoms with Gasteiger partial charge in [0.05, 0.1) is 7.11 Å². The Hall–Kier alpha value is -1.10. The molecule has 0 radical (unpaired) electrons. The Labute approximate surface area is 130 Å². The second-order valence-corrected chi connectivity index (χ2v) is 6.40. The van der Waals surface area contributed by atoms with Crippen molar-refractivity contribution in [3.8, 4) is 0 Å². The Morgan fingerprint density at radius 3 is 2.86 bits per heavy atom. The lowest BCUT2D eigenvalue weighted by Gasteiger charge is -2.42. The monoisotopic (exact) mass is 311 g/mol. The van der Waals surface area contributed by atoms with Gasteiger partial charge in [0.15, 0.2) is 0 Å². The van der Waals surface area contributed by atoms with Crippen LogP contribution in [0.25, 0.3) is 0 Å². The van der Waals surface area contributed by atoms with Crippen LogP contribution < -0.4 is 0 Å². The first kappa shape index (κ1) is 16.3. The molecule has 0 spiro atoms. The van der Waals surface area contributed by atoms with Gasteiger partial charge in [-0.3, -0.25) is 4.90 Å². The van der Waals surface area contributed by atoms with Crippen LogP contribution in [0.5, 0.6) is 0 Å². The zero-order chi connectivity index (χ0) is 15.5. The minimum Gasteiger partial charge on any atom is -0.468 e. The molecule has 5 heteroatoms. The van der Waals surface area contributed by atoms with E-state index in [0.717, 1.165) is 24.9 Å². The number of rotatable bonds is 4. The first-order valence-corrected chi connectivity index (χ1v) is 7.56. The second kappa shape index (κ2) is 6.77. The summed E-state index contributed by atoms with van der Waals surface area (Å²) in [5.41, 5.74) is 0.569. The summed E-state index contributed by atoms with van der Waals surface area (Å²) in [6.07, 6.45) is 1.89. The van der Waals surface area contributed by atoms with Crippen molar-refractivity contribution in [1.82, 2.24) is 4.90 Å². The zero-order valence-electron chi connectivity index (χ0n) is 12.5. The van der Waals surface area contributed by atoms with Crippen LogP contribution in [0, 0.1) is 5.41 Å². The molecular formula is C16H22ClNO3. The fraction of sp³-hybridized carbons (Fsp3) is 0.562. The van der Waals surface area contributed by atoms with Gasteiger partial charge in [-0.05, 0) is 31.0 Å².